The molecule has 21 N–H and O–H groups in total. The number of nitrogen functional groups attached to an aromatic ring is 4. The molecule has 60 nitrogen and oxygen atoms in total. The van der Waals surface area contributed by atoms with Gasteiger partial charge < -0.3 is 86.0 Å². The van der Waals surface area contributed by atoms with E-state index in [9.17, 15) is 95.9 Å². The Labute approximate surface area is 690 Å². The monoisotopic (exact) mass is 1860 g/mol. The number of phosphoric ester groups is 5. The van der Waals surface area contributed by atoms with E-state index in [0.29, 0.717) is 0 Å². The van der Waals surface area contributed by atoms with E-state index >= 15 is 0 Å². The number of aliphatic hydroxyl groups is 2. The van der Waals surface area contributed by atoms with Crippen LogP contribution in [0.3, 0.4) is 0 Å². The van der Waals surface area contributed by atoms with E-state index in [1.165, 1.54) is 29.3 Å². The molecule has 23 atom stereocenters. The third-order valence-corrected chi connectivity index (χ3v) is 25.7. The van der Waals surface area contributed by atoms with Crippen LogP contribution in [0.1, 0.15) is 87.0 Å². The number of aliphatic hydroxyl groups excluding tert-OH is 2. The van der Waals surface area contributed by atoms with Gasteiger partial charge in [-0.1, -0.05) is 0 Å². The van der Waals surface area contributed by atoms with E-state index in [1.807, 2.05) is 0 Å². The molecule has 0 radical (unpaired) electrons. The molecule has 6 saturated heterocycles. The lowest BCUT2D eigenvalue weighted by atomic mass is 10.2. The zero-order valence-corrected chi connectivity index (χ0v) is 68.6. The average molecular weight is 1860 g/mol. The number of aryl methyl sites for hydroxylation is 2. The second-order valence-electron chi connectivity index (χ2n) is 29.0. The van der Waals surface area contributed by atoms with Gasteiger partial charge in [0, 0.05) is 62.0 Å². The van der Waals surface area contributed by atoms with Crippen LogP contribution in [0, 0.1) is 13.8 Å². The summed E-state index contributed by atoms with van der Waals surface area (Å²) < 4.78 is 169. The van der Waals surface area contributed by atoms with Gasteiger partial charge in [-0.05, 0) is 13.8 Å². The minimum Gasteiger partial charge on any atom is -0.394 e. The van der Waals surface area contributed by atoms with Gasteiger partial charge in [0.05, 0.1) is 71.1 Å². The van der Waals surface area contributed by atoms with Crippen molar-refractivity contribution in [2.24, 2.45) is 0 Å². The first-order valence-corrected chi connectivity index (χ1v) is 44.6. The van der Waals surface area contributed by atoms with Crippen molar-refractivity contribution in [3.05, 3.63) is 132 Å². The Kier molecular flexibility index (Phi) is 24.4. The maximum Gasteiger partial charge on any atom is 0.472 e. The van der Waals surface area contributed by atoms with Crippen LogP contribution in [-0.2, 0) is 96.5 Å². The Morgan fingerprint density at radius 1 is 0.360 bits per heavy atom. The van der Waals surface area contributed by atoms with Gasteiger partial charge in [-0.15, -0.1) is 0 Å². The predicted octanol–water partition coefficient (Wildman–Crippen LogP) is -3.85. The quantitative estimate of drug-likeness (QED) is 0.0180. The summed E-state index contributed by atoms with van der Waals surface area (Å²) in [6, 6.07) is 0. The summed E-state index contributed by atoms with van der Waals surface area (Å²) in [5.41, 5.74) is 15.2. The van der Waals surface area contributed by atoms with E-state index in [-0.39, 0.29) is 86.5 Å². The van der Waals surface area contributed by atoms with Gasteiger partial charge in [0.15, 0.2) is 44.7 Å². The summed E-state index contributed by atoms with van der Waals surface area (Å²) in [5, 5.41) is 21.2. The minimum absolute atomic E-state index is 0.0159. The zero-order valence-electron chi connectivity index (χ0n) is 64.1. The SMILES string of the molecule is Cc1cn([C@H]2C[C@H](OP(=O)(O)OC[C@H]3O[C@@H](n4cnc5c(=O)[nH]c(N)nc54)C[C@@H]3OP(=O)(O)OC[C@H]3O[C@@H](n4cnc5c(=O)[nH]c(N)nc54)C[C@@H]3OP(=O)(O)OC[C@H]3O[C@@H](n4cc(C)c(=O)[nH]c4=O)C[C@@H]3OP(=O)(O)OC[C@H]3O[C@@H](n4cnc5c(=O)[nH]c(N)nc54)C[C@@H]3OP(=O)(O)OC[C@H]3O[C@@H](n4cnc5c(=O)[nH]c(N)nc54)C[C@@H]3O)[C@@H](CO)O2)c(=O)[nH]c1=O. The smallest absolute Gasteiger partial charge is 0.394 e. The highest BCUT2D eigenvalue weighted by Crippen LogP contribution is 2.57. The molecular formula is C60H75N24O36P5. The molecule has 65 heteroatoms. The number of H-pyrrole nitrogens is 6. The highest BCUT2D eigenvalue weighted by Gasteiger charge is 2.52. The Morgan fingerprint density at radius 3 is 0.864 bits per heavy atom. The number of hydrogen-bond acceptors (Lipinski definition) is 43. The van der Waals surface area contributed by atoms with Crippen LogP contribution in [0.2, 0.25) is 0 Å². The van der Waals surface area contributed by atoms with Crippen molar-refractivity contribution in [1.29, 1.82) is 0 Å². The number of ether oxygens (including phenoxy) is 6. The number of phosphoric acid groups is 5. The number of rotatable bonds is 32. The number of anilines is 4. The first-order chi connectivity index (χ1) is 59.1. The largest absolute Gasteiger partial charge is 0.472 e. The van der Waals surface area contributed by atoms with E-state index in [0.717, 1.165) is 49.6 Å². The fraction of sp³-hybridized carbons (Fsp3) is 0.533. The Bertz CT molecular complexity index is 6600. The normalized spacial score (nSPS) is 29.0. The molecule has 16 heterocycles. The van der Waals surface area contributed by atoms with Crippen molar-refractivity contribution in [3.8, 4) is 0 Å². The van der Waals surface area contributed by atoms with Crippen molar-refractivity contribution in [3.63, 3.8) is 0 Å². The van der Waals surface area contributed by atoms with E-state index < -0.39 is 266 Å². The van der Waals surface area contributed by atoms with Crippen molar-refractivity contribution < 1.29 is 131 Å². The molecule has 5 unspecified atom stereocenters. The number of imidazole rings is 4. The van der Waals surface area contributed by atoms with Crippen LogP contribution in [0.4, 0.5) is 23.8 Å². The molecule has 10 aromatic heterocycles. The van der Waals surface area contributed by atoms with E-state index in [2.05, 4.69) is 69.8 Å². The van der Waals surface area contributed by atoms with Crippen LogP contribution in [-0.4, -0.2) is 245 Å². The van der Waals surface area contributed by atoms with Gasteiger partial charge >= 0.3 is 50.5 Å². The molecule has 0 bridgehead atoms. The third kappa shape index (κ3) is 19.0. The summed E-state index contributed by atoms with van der Waals surface area (Å²) in [6.45, 7) is -3.42. The first kappa shape index (κ1) is 88.6. The highest BCUT2D eigenvalue weighted by atomic mass is 31.2. The predicted molar refractivity (Wildman–Crippen MR) is 410 cm³/mol. The van der Waals surface area contributed by atoms with Crippen molar-refractivity contribution in [1.82, 2.24) is 97.2 Å². The molecule has 6 aliphatic rings. The number of hydrogen-bond donors (Lipinski definition) is 17. The Morgan fingerprint density at radius 2 is 0.592 bits per heavy atom. The van der Waals surface area contributed by atoms with Gasteiger partial charge in [-0.2, -0.15) is 19.9 Å². The van der Waals surface area contributed by atoms with Crippen molar-refractivity contribution in [2.75, 3.05) is 62.6 Å². The fourth-order valence-corrected chi connectivity index (χ4v) is 19.6. The summed E-state index contributed by atoms with van der Waals surface area (Å²) in [4.78, 5) is 206. The van der Waals surface area contributed by atoms with Crippen molar-refractivity contribution in [2.45, 2.75) is 163 Å². The molecule has 0 aliphatic carbocycles. The number of aromatic amines is 6. The molecule has 676 valence electrons. The number of aromatic nitrogens is 20. The van der Waals surface area contributed by atoms with Crippen LogP contribution in [0.5, 0.6) is 0 Å². The number of nitrogens with one attached hydrogen (secondary N) is 6. The Balaban J connectivity index is 0.616. The first-order valence-electron chi connectivity index (χ1n) is 37.1. The maximum absolute atomic E-state index is 14.5. The summed E-state index contributed by atoms with van der Waals surface area (Å²) in [7, 11) is -27.7. The second-order valence-corrected chi connectivity index (χ2v) is 36.1. The topological polar surface area (TPSA) is 843 Å². The van der Waals surface area contributed by atoms with Crippen LogP contribution in [0.15, 0.2) is 76.1 Å². The number of fused-ring (bicyclic) bond motifs is 4. The molecule has 0 aromatic carbocycles. The molecule has 125 heavy (non-hydrogen) atoms. The van der Waals surface area contributed by atoms with Gasteiger partial charge in [0.25, 0.3) is 33.4 Å². The van der Waals surface area contributed by atoms with E-state index in [1.54, 1.807) is 0 Å². The molecule has 0 saturated carbocycles. The second kappa shape index (κ2) is 34.4. The van der Waals surface area contributed by atoms with E-state index in [4.69, 9.17) is 96.6 Å². The number of nitrogens with zero attached hydrogens (tertiary/aromatic N) is 14. The molecule has 6 fully saturated rings. The molecule has 6 aliphatic heterocycles. The van der Waals surface area contributed by atoms with Crippen LogP contribution < -0.4 is 67.7 Å². The van der Waals surface area contributed by atoms with Crippen LogP contribution >= 0.6 is 39.1 Å². The van der Waals surface area contributed by atoms with Crippen LogP contribution in [0.25, 0.3) is 44.7 Å². The maximum atomic E-state index is 14.5. The van der Waals surface area contributed by atoms with Gasteiger partial charge in [0.2, 0.25) is 23.8 Å². The fourth-order valence-electron chi connectivity index (χ4n) is 14.8. The standard InChI is InChI=1S/C60H75N24O36P5/c1-21-9-79(59(93)77-49(21)87)36-4-24(29(11-85)110-36)116-122(97,98)106-14-32-27(7-39(113-32)83-19-67-43-47(83)71-57(63)75-53(43)91)120-125(103,104)109-16-34-28(8-40(115-34)84-20-68-44-48(84)72-58(64)76-54(44)92)119-124(101,102)107-13-31-25(5-37(112-31)80-10-22(2)50(88)78-60(80)94)117-123(99,100)108-15-33-26(6-38(114-33)82-18-66-42-46(82)70-56(62)74-52(42)90)118-121(95,96)105-12-30-23(86)3-35(111-30)81-17-65-41-45(81)69-55(61)73-51(41)89/h9-10,17-20,23-40,85-86H,3-8,11-16H2,1-2H3,(H,95,96)(H,97,98)(H,99,100)(H,101,102)(H,103,104)(H,77,87,93)(H,78,88,94)(H3,61,69,73,89)(H3,62,70,74,90)(H3,63,71,75,91)(H3,64,72,76,92)/t23-,24-,25-,26-,27-,28-,29+,30+,31+,32+,33+,34+,35+,36+,37+,38+,39+,40+/m0/s1. The number of nitrogens with two attached hydrogens (primary N) is 4. The summed E-state index contributed by atoms with van der Waals surface area (Å²) >= 11 is 0. The van der Waals surface area contributed by atoms with Crippen molar-refractivity contribution >= 4 is 108 Å². The molecule has 0 amide bonds. The lowest BCUT2D eigenvalue weighted by Gasteiger charge is -2.26. The zero-order chi connectivity index (χ0) is 89.0. The molecular weight excluding hydrogens is 1790 g/mol. The lowest BCUT2D eigenvalue weighted by molar-refractivity contribution is -0.0645. The summed E-state index contributed by atoms with van der Waals surface area (Å²) in [5.74, 6) is -1.43. The summed E-state index contributed by atoms with van der Waals surface area (Å²) in [6.07, 6.45) is -24.0. The van der Waals surface area contributed by atoms with Gasteiger partial charge in [-0.3, -0.25) is 131 Å². The average Bonchev–Trinajstić information content (AvgIpc) is 1.63. The molecule has 0 spiro atoms. The van der Waals surface area contributed by atoms with Gasteiger partial charge in [0.1, 0.15) is 105 Å². The molecule has 16 rings (SSSR count). The lowest BCUT2D eigenvalue weighted by Crippen LogP contribution is -2.33. The van der Waals surface area contributed by atoms with Gasteiger partial charge in [-0.25, -0.2) is 52.4 Å². The highest BCUT2D eigenvalue weighted by molar-refractivity contribution is 7.48. The minimum atomic E-state index is -5.70. The third-order valence-electron chi connectivity index (χ3n) is 20.6. The Hall–Kier alpha value is -9.81. The molecule has 10 aromatic rings.